The van der Waals surface area contributed by atoms with Crippen LogP contribution in [0.2, 0.25) is 0 Å². The Bertz CT molecular complexity index is 183. The number of rotatable bonds is 4. The zero-order valence-electron chi connectivity index (χ0n) is 9.07. The Labute approximate surface area is 76.6 Å². The number of hydrogen-bond acceptors (Lipinski definition) is 1. The minimum Gasteiger partial charge on any atom is -0.263 e. The van der Waals surface area contributed by atoms with Crippen molar-refractivity contribution in [1.29, 1.82) is 0 Å². The zero-order valence-corrected chi connectivity index (χ0v) is 9.07. The maximum atomic E-state index is 4.51. The molecule has 0 atom stereocenters. The second-order valence-electron chi connectivity index (χ2n) is 3.39. The first-order chi connectivity index (χ1) is 5.61. The van der Waals surface area contributed by atoms with Crippen molar-refractivity contribution in [2.24, 2.45) is 4.99 Å². The van der Waals surface area contributed by atoms with Crippen LogP contribution in [-0.4, -0.2) is 5.71 Å². The van der Waals surface area contributed by atoms with Crippen LogP contribution in [0.3, 0.4) is 0 Å². The molecule has 0 aliphatic rings. The average Bonchev–Trinajstić information content (AvgIpc) is 2.00. The van der Waals surface area contributed by atoms with Gasteiger partial charge in [-0.1, -0.05) is 25.8 Å². The van der Waals surface area contributed by atoms with Gasteiger partial charge in [-0.05, 0) is 33.6 Å². The fourth-order valence-corrected chi connectivity index (χ4v) is 1.27. The van der Waals surface area contributed by atoms with Crippen molar-refractivity contribution in [2.75, 3.05) is 0 Å². The third kappa shape index (κ3) is 4.32. The summed E-state index contributed by atoms with van der Waals surface area (Å²) >= 11 is 0. The van der Waals surface area contributed by atoms with E-state index in [0.29, 0.717) is 0 Å². The molecule has 12 heavy (non-hydrogen) atoms. The van der Waals surface area contributed by atoms with Gasteiger partial charge in [-0.25, -0.2) is 0 Å². The molecule has 0 heterocycles. The molecule has 70 valence electrons. The smallest absolute Gasteiger partial charge is 0.0389 e. The molecular formula is C11H21N. The highest BCUT2D eigenvalue weighted by Crippen LogP contribution is 2.14. The topological polar surface area (TPSA) is 12.4 Å². The van der Waals surface area contributed by atoms with Crippen molar-refractivity contribution < 1.29 is 0 Å². The second kappa shape index (κ2) is 5.99. The summed E-state index contributed by atoms with van der Waals surface area (Å²) in [6.45, 7) is 10.7. The molecule has 1 heteroatoms. The second-order valence-corrected chi connectivity index (χ2v) is 3.39. The van der Waals surface area contributed by atoms with Crippen LogP contribution in [0.4, 0.5) is 0 Å². The van der Waals surface area contributed by atoms with Crippen LogP contribution >= 0.6 is 0 Å². The van der Waals surface area contributed by atoms with E-state index in [0.717, 1.165) is 12.1 Å². The van der Waals surface area contributed by atoms with Gasteiger partial charge in [0.05, 0.1) is 0 Å². The Morgan fingerprint density at radius 3 is 2.00 bits per heavy atom. The maximum absolute atomic E-state index is 4.51. The maximum Gasteiger partial charge on any atom is 0.0389 e. The summed E-state index contributed by atoms with van der Waals surface area (Å²) < 4.78 is 0. The fourth-order valence-electron chi connectivity index (χ4n) is 1.27. The Morgan fingerprint density at radius 1 is 1.08 bits per heavy atom. The molecule has 1 nitrogen and oxygen atoms in total. The predicted octanol–water partition coefficient (Wildman–Crippen LogP) is 3.95. The molecular weight excluding hydrogens is 146 g/mol. The highest BCUT2D eigenvalue weighted by molar-refractivity contribution is 5.80. The van der Waals surface area contributed by atoms with E-state index in [9.17, 15) is 0 Å². The third-order valence-corrected chi connectivity index (χ3v) is 1.81. The number of nitrogens with zero attached hydrogens (tertiary/aromatic N) is 1. The van der Waals surface area contributed by atoms with Crippen LogP contribution in [0.15, 0.2) is 16.3 Å². The van der Waals surface area contributed by atoms with Crippen molar-refractivity contribution in [3.8, 4) is 0 Å². The standard InChI is InChI=1S/C11H21N/c1-6-8-10(5)11(7-2)12-9(3)4/h6-8H2,1-5H3/b11-10+. The summed E-state index contributed by atoms with van der Waals surface area (Å²) in [5.74, 6) is 0. The molecule has 0 aliphatic carbocycles. The highest BCUT2D eigenvalue weighted by Gasteiger charge is 1.97. The van der Waals surface area contributed by atoms with E-state index in [-0.39, 0.29) is 0 Å². The molecule has 0 spiro atoms. The van der Waals surface area contributed by atoms with Gasteiger partial charge in [0, 0.05) is 11.4 Å². The molecule has 0 fully saturated rings. The molecule has 0 aromatic rings. The summed E-state index contributed by atoms with van der Waals surface area (Å²) in [6, 6.07) is 0. The molecule has 0 saturated carbocycles. The Morgan fingerprint density at radius 2 is 1.67 bits per heavy atom. The van der Waals surface area contributed by atoms with Gasteiger partial charge in [0.15, 0.2) is 0 Å². The Kier molecular flexibility index (Phi) is 5.69. The summed E-state index contributed by atoms with van der Waals surface area (Å²) in [5.41, 5.74) is 3.88. The van der Waals surface area contributed by atoms with Crippen LogP contribution in [0.25, 0.3) is 0 Å². The van der Waals surface area contributed by atoms with Gasteiger partial charge in [0.1, 0.15) is 0 Å². The summed E-state index contributed by atoms with van der Waals surface area (Å²) in [5, 5.41) is 0. The Balaban J connectivity index is 4.50. The monoisotopic (exact) mass is 167 g/mol. The molecule has 0 rings (SSSR count). The van der Waals surface area contributed by atoms with E-state index in [2.05, 4.69) is 39.6 Å². The summed E-state index contributed by atoms with van der Waals surface area (Å²) in [4.78, 5) is 4.51. The average molecular weight is 167 g/mol. The van der Waals surface area contributed by atoms with Gasteiger partial charge < -0.3 is 0 Å². The van der Waals surface area contributed by atoms with Gasteiger partial charge >= 0.3 is 0 Å². The van der Waals surface area contributed by atoms with Crippen molar-refractivity contribution in [2.45, 2.75) is 53.9 Å². The van der Waals surface area contributed by atoms with Gasteiger partial charge in [0.2, 0.25) is 0 Å². The van der Waals surface area contributed by atoms with Gasteiger partial charge in [0.25, 0.3) is 0 Å². The summed E-state index contributed by atoms with van der Waals surface area (Å²) in [6.07, 6.45) is 3.45. The lowest BCUT2D eigenvalue weighted by molar-refractivity contribution is 0.867. The first kappa shape index (κ1) is 11.4. The van der Waals surface area contributed by atoms with E-state index in [1.807, 2.05) is 0 Å². The third-order valence-electron chi connectivity index (χ3n) is 1.81. The fraction of sp³-hybridized carbons (Fsp3) is 0.727. The van der Waals surface area contributed by atoms with Crippen molar-refractivity contribution in [3.63, 3.8) is 0 Å². The molecule has 0 aromatic carbocycles. The first-order valence-electron chi connectivity index (χ1n) is 4.82. The van der Waals surface area contributed by atoms with Crippen molar-refractivity contribution in [1.82, 2.24) is 0 Å². The number of aliphatic imine (C=N–C) groups is 1. The van der Waals surface area contributed by atoms with Crippen LogP contribution < -0.4 is 0 Å². The lowest BCUT2D eigenvalue weighted by Crippen LogP contribution is -1.89. The molecule has 0 unspecified atom stereocenters. The number of hydrogen-bond donors (Lipinski definition) is 0. The molecule has 0 bridgehead atoms. The molecule has 0 amide bonds. The van der Waals surface area contributed by atoms with Crippen LogP contribution in [-0.2, 0) is 0 Å². The van der Waals surface area contributed by atoms with Gasteiger partial charge in [-0.15, -0.1) is 0 Å². The van der Waals surface area contributed by atoms with Crippen LogP contribution in [0.1, 0.15) is 53.9 Å². The predicted molar refractivity (Wildman–Crippen MR) is 56.7 cm³/mol. The minimum atomic E-state index is 1.05. The molecule has 0 radical (unpaired) electrons. The van der Waals surface area contributed by atoms with E-state index in [4.69, 9.17) is 0 Å². The molecule has 0 N–H and O–H groups in total. The number of allylic oxidation sites excluding steroid dienone is 2. The minimum absolute atomic E-state index is 1.05. The Hall–Kier alpha value is -0.590. The van der Waals surface area contributed by atoms with Crippen LogP contribution in [0, 0.1) is 0 Å². The van der Waals surface area contributed by atoms with Crippen molar-refractivity contribution >= 4 is 5.71 Å². The first-order valence-corrected chi connectivity index (χ1v) is 4.82. The van der Waals surface area contributed by atoms with Crippen LogP contribution in [0.5, 0.6) is 0 Å². The lowest BCUT2D eigenvalue weighted by atomic mass is 10.1. The van der Waals surface area contributed by atoms with E-state index in [1.54, 1.807) is 0 Å². The lowest BCUT2D eigenvalue weighted by Gasteiger charge is -2.04. The van der Waals surface area contributed by atoms with E-state index < -0.39 is 0 Å². The van der Waals surface area contributed by atoms with Gasteiger partial charge in [-0.2, -0.15) is 0 Å². The van der Waals surface area contributed by atoms with Gasteiger partial charge in [-0.3, -0.25) is 4.99 Å². The highest BCUT2D eigenvalue weighted by atomic mass is 14.7. The van der Waals surface area contributed by atoms with E-state index in [1.165, 1.54) is 24.1 Å². The molecule has 0 aromatic heterocycles. The normalized spacial score (nSPS) is 12.4. The van der Waals surface area contributed by atoms with Crippen molar-refractivity contribution in [3.05, 3.63) is 11.3 Å². The SMILES string of the molecule is CCC/C(C)=C(\CC)N=C(C)C. The quantitative estimate of drug-likeness (QED) is 0.562. The van der Waals surface area contributed by atoms with E-state index >= 15 is 0 Å². The molecule has 0 aliphatic heterocycles. The summed E-state index contributed by atoms with van der Waals surface area (Å²) in [7, 11) is 0. The largest absolute Gasteiger partial charge is 0.263 e. The molecule has 0 saturated heterocycles. The zero-order chi connectivity index (χ0) is 9.56.